The molecule has 0 aliphatic heterocycles. The highest BCUT2D eigenvalue weighted by Crippen LogP contribution is 2.42. The topological polar surface area (TPSA) is 38.1 Å². The van der Waals surface area contributed by atoms with E-state index in [0.29, 0.717) is 0 Å². The molecule has 0 aliphatic carbocycles. The lowest BCUT2D eigenvalue weighted by atomic mass is 9.87. The fourth-order valence-corrected chi connectivity index (χ4v) is 5.42. The summed E-state index contributed by atoms with van der Waals surface area (Å²) in [5, 5.41) is 7.79. The van der Waals surface area contributed by atoms with Crippen LogP contribution in [-0.4, -0.2) is 16.2 Å². The van der Waals surface area contributed by atoms with Crippen LogP contribution < -0.4 is 0 Å². The van der Waals surface area contributed by atoms with Crippen molar-refractivity contribution in [3.63, 3.8) is 0 Å². The predicted octanol–water partition coefficient (Wildman–Crippen LogP) is 11.2. The van der Waals surface area contributed by atoms with Crippen LogP contribution in [0.1, 0.15) is 20.8 Å². The molecule has 0 spiro atoms. The van der Waals surface area contributed by atoms with Gasteiger partial charge in [0, 0.05) is 37.2 Å². The van der Waals surface area contributed by atoms with Crippen LogP contribution in [0.5, 0.6) is 0 Å². The third kappa shape index (κ3) is 6.12. The first kappa shape index (κ1) is 29.1. The first-order chi connectivity index (χ1) is 21.3. The Hall–Kier alpha value is -5.41. The zero-order valence-corrected chi connectivity index (χ0v) is 24.9. The van der Waals surface area contributed by atoms with Crippen LogP contribution in [-0.2, 0) is 0 Å². The summed E-state index contributed by atoms with van der Waals surface area (Å²) in [4.78, 5) is 12.1. The second kappa shape index (κ2) is 14.0. The fraction of sp³-hybridized carbons (Fsp3) is 0.0750. The van der Waals surface area contributed by atoms with Gasteiger partial charge in [0.25, 0.3) is 0 Å². The average molecular weight is 558 g/mol. The molecule has 7 rings (SSSR count). The van der Waals surface area contributed by atoms with E-state index in [2.05, 4.69) is 106 Å². The minimum atomic E-state index is 1.18. The first-order valence-electron chi connectivity index (χ1n) is 14.7. The highest BCUT2D eigenvalue weighted by atomic mass is 14.6. The summed E-state index contributed by atoms with van der Waals surface area (Å²) < 4.78 is 0. The standard InChI is InChI=1S/C32H20N2.C6H9N.C2H6/c1-3-23(4-2-21(1)22-13-17-33-18-14-22)27-9-5-25-8-12-30-28(24-15-19-34-20-16-24)10-6-26-7-11-29(27)31(25)32(26)30;1-3-5-6-7-4-2;1-2/h1-20H;3-6H,1H2,2H3;1-2H3/b;6-5-,7-4?;. The van der Waals surface area contributed by atoms with E-state index in [-0.39, 0.29) is 0 Å². The maximum Gasteiger partial charge on any atom is 0.0273 e. The maximum absolute atomic E-state index is 4.20. The Balaban J connectivity index is 0.000000363. The lowest BCUT2D eigenvalue weighted by Gasteiger charge is -2.16. The summed E-state index contributed by atoms with van der Waals surface area (Å²) >= 11 is 0. The molecular formula is C40H35N3. The number of pyridine rings is 2. The number of aliphatic imine (C=N–C) groups is 1. The second-order valence-electron chi connectivity index (χ2n) is 9.68. The number of aromatic nitrogens is 2. The smallest absolute Gasteiger partial charge is 0.0273 e. The molecule has 2 aromatic heterocycles. The quantitative estimate of drug-likeness (QED) is 0.120. The van der Waals surface area contributed by atoms with Crippen molar-refractivity contribution in [1.29, 1.82) is 0 Å². The van der Waals surface area contributed by atoms with E-state index in [0.717, 1.165) is 0 Å². The molecular weight excluding hydrogens is 522 g/mol. The van der Waals surface area contributed by atoms with Crippen molar-refractivity contribution < 1.29 is 0 Å². The van der Waals surface area contributed by atoms with Crippen LogP contribution in [0.25, 0.3) is 65.7 Å². The molecule has 2 heterocycles. The maximum atomic E-state index is 4.20. The molecule has 0 saturated carbocycles. The summed E-state index contributed by atoms with van der Waals surface area (Å²) in [5.41, 5.74) is 7.31. The molecule has 0 atom stereocenters. The van der Waals surface area contributed by atoms with Gasteiger partial charge in [0.05, 0.1) is 0 Å². The second-order valence-corrected chi connectivity index (χ2v) is 9.68. The molecule has 5 aromatic carbocycles. The van der Waals surface area contributed by atoms with Gasteiger partial charge in [-0.25, -0.2) is 0 Å². The lowest BCUT2D eigenvalue weighted by molar-refractivity contribution is 1.33. The van der Waals surface area contributed by atoms with E-state index in [1.165, 1.54) is 65.7 Å². The van der Waals surface area contributed by atoms with Crippen molar-refractivity contribution in [3.8, 4) is 33.4 Å². The monoisotopic (exact) mass is 557 g/mol. The number of hydrogen-bond donors (Lipinski definition) is 0. The third-order valence-corrected chi connectivity index (χ3v) is 7.32. The molecule has 0 unspecified atom stereocenters. The van der Waals surface area contributed by atoms with Crippen LogP contribution in [0.2, 0.25) is 0 Å². The van der Waals surface area contributed by atoms with Gasteiger partial charge in [-0.1, -0.05) is 99.3 Å². The third-order valence-electron chi connectivity index (χ3n) is 7.32. The zero-order valence-electron chi connectivity index (χ0n) is 24.9. The molecule has 0 amide bonds. The van der Waals surface area contributed by atoms with Gasteiger partial charge < -0.3 is 0 Å². The van der Waals surface area contributed by atoms with Crippen molar-refractivity contribution in [2.75, 3.05) is 0 Å². The van der Waals surface area contributed by atoms with Crippen LogP contribution in [0.4, 0.5) is 0 Å². The highest BCUT2D eigenvalue weighted by molar-refractivity contribution is 6.27. The number of hydrogen-bond acceptors (Lipinski definition) is 3. The van der Waals surface area contributed by atoms with Gasteiger partial charge in [-0.15, -0.1) is 0 Å². The number of nitrogens with zero attached hydrogens (tertiary/aromatic N) is 3. The Morgan fingerprint density at radius 3 is 1.44 bits per heavy atom. The van der Waals surface area contributed by atoms with E-state index in [9.17, 15) is 0 Å². The SMILES string of the molecule is C=C/C=C\N=CC.CC.c1cc(-c2ccc(-c3ccc4ccc5c(-c6ccncc6)ccc6ccc3c4c65)cc2)ccn1. The van der Waals surface area contributed by atoms with Crippen LogP contribution >= 0.6 is 0 Å². The summed E-state index contributed by atoms with van der Waals surface area (Å²) in [5.74, 6) is 0. The zero-order chi connectivity index (χ0) is 30.0. The molecule has 43 heavy (non-hydrogen) atoms. The Morgan fingerprint density at radius 1 is 0.535 bits per heavy atom. The average Bonchev–Trinajstić information content (AvgIpc) is 3.09. The van der Waals surface area contributed by atoms with Gasteiger partial charge >= 0.3 is 0 Å². The molecule has 3 nitrogen and oxygen atoms in total. The Bertz CT molecular complexity index is 1990. The van der Waals surface area contributed by atoms with Gasteiger partial charge in [-0.3, -0.25) is 15.0 Å². The van der Waals surface area contributed by atoms with Gasteiger partial charge in [0.2, 0.25) is 0 Å². The molecule has 0 fully saturated rings. The minimum absolute atomic E-state index is 1.18. The lowest BCUT2D eigenvalue weighted by Crippen LogP contribution is -1.89. The molecule has 0 aliphatic rings. The van der Waals surface area contributed by atoms with E-state index in [4.69, 9.17) is 0 Å². The van der Waals surface area contributed by atoms with Crippen molar-refractivity contribution >= 4 is 38.5 Å². The largest absolute Gasteiger partial charge is 0.269 e. The summed E-state index contributed by atoms with van der Waals surface area (Å²) in [6.45, 7) is 9.34. The molecule has 7 aromatic rings. The van der Waals surface area contributed by atoms with E-state index >= 15 is 0 Å². The molecule has 3 heteroatoms. The van der Waals surface area contributed by atoms with Gasteiger partial charge in [0.1, 0.15) is 0 Å². The van der Waals surface area contributed by atoms with Crippen LogP contribution in [0.3, 0.4) is 0 Å². The molecule has 0 radical (unpaired) electrons. The summed E-state index contributed by atoms with van der Waals surface area (Å²) in [6.07, 6.45) is 14.3. The van der Waals surface area contributed by atoms with Crippen molar-refractivity contribution in [3.05, 3.63) is 147 Å². The summed E-state index contributed by atoms with van der Waals surface area (Å²) in [6, 6.07) is 35.2. The fourth-order valence-electron chi connectivity index (χ4n) is 5.42. The first-order valence-corrected chi connectivity index (χ1v) is 14.7. The van der Waals surface area contributed by atoms with Crippen LogP contribution in [0.15, 0.2) is 152 Å². The predicted molar refractivity (Wildman–Crippen MR) is 187 cm³/mol. The van der Waals surface area contributed by atoms with Gasteiger partial charge in [-0.05, 0) is 103 Å². The van der Waals surface area contributed by atoms with Gasteiger partial charge in [0.15, 0.2) is 0 Å². The Morgan fingerprint density at radius 2 is 0.953 bits per heavy atom. The molecule has 0 saturated heterocycles. The number of rotatable bonds is 5. The Kier molecular flexibility index (Phi) is 9.46. The molecule has 0 N–H and O–H groups in total. The molecule has 0 bridgehead atoms. The van der Waals surface area contributed by atoms with E-state index in [1.54, 1.807) is 24.6 Å². The van der Waals surface area contributed by atoms with E-state index < -0.39 is 0 Å². The van der Waals surface area contributed by atoms with Crippen molar-refractivity contribution in [2.45, 2.75) is 20.8 Å². The minimum Gasteiger partial charge on any atom is -0.269 e. The van der Waals surface area contributed by atoms with Crippen molar-refractivity contribution in [2.24, 2.45) is 4.99 Å². The molecule has 210 valence electrons. The van der Waals surface area contributed by atoms with Crippen LogP contribution in [0, 0.1) is 0 Å². The highest BCUT2D eigenvalue weighted by Gasteiger charge is 2.14. The van der Waals surface area contributed by atoms with Crippen molar-refractivity contribution in [1.82, 2.24) is 9.97 Å². The Labute approximate surface area is 254 Å². The normalized spacial score (nSPS) is 11.0. The van der Waals surface area contributed by atoms with E-state index in [1.807, 2.05) is 57.7 Å². The number of benzene rings is 5. The van der Waals surface area contributed by atoms with Gasteiger partial charge in [-0.2, -0.15) is 0 Å². The summed E-state index contributed by atoms with van der Waals surface area (Å²) in [7, 11) is 0. The number of allylic oxidation sites excluding steroid dienone is 2.